The number of hydrogen-bond acceptors (Lipinski definition) is 5. The molecule has 5 nitrogen and oxygen atoms in total. The van der Waals surface area contributed by atoms with Crippen molar-refractivity contribution in [1.29, 1.82) is 0 Å². The van der Waals surface area contributed by atoms with E-state index < -0.39 is 11.7 Å². The fourth-order valence-electron chi connectivity index (χ4n) is 0.767. The van der Waals surface area contributed by atoms with Crippen LogP contribution in [-0.2, 0) is 9.53 Å². The van der Waals surface area contributed by atoms with Gasteiger partial charge in [0.25, 0.3) is 0 Å². The van der Waals surface area contributed by atoms with Crippen LogP contribution < -0.4 is 5.32 Å². The number of hydrogen-bond donors (Lipinski definition) is 1. The van der Waals surface area contributed by atoms with Gasteiger partial charge in [-0.2, -0.15) is 0 Å². The molecule has 1 N–H and O–H groups in total. The molecule has 96 valence electrons. The lowest BCUT2D eigenvalue weighted by Gasteiger charge is -2.19. The van der Waals surface area contributed by atoms with E-state index in [0.29, 0.717) is 5.88 Å². The molecular weight excluding hydrogens is 240 g/mol. The summed E-state index contributed by atoms with van der Waals surface area (Å²) in [5.74, 6) is 0.145. The van der Waals surface area contributed by atoms with Crippen molar-refractivity contribution in [3.63, 3.8) is 0 Å². The summed E-state index contributed by atoms with van der Waals surface area (Å²) in [5.41, 5.74) is -0.237. The second-order valence-electron chi connectivity index (χ2n) is 4.21. The van der Waals surface area contributed by atoms with Crippen LogP contribution in [0.3, 0.4) is 0 Å². The van der Waals surface area contributed by atoms with Crippen molar-refractivity contribution in [2.75, 3.05) is 5.88 Å². The number of nitrogens with one attached hydrogen (secondary N) is 1. The van der Waals surface area contributed by atoms with E-state index in [0.717, 1.165) is 0 Å². The predicted molar refractivity (Wildman–Crippen MR) is 70.1 cm³/mol. The van der Waals surface area contributed by atoms with Gasteiger partial charge in [-0.3, -0.25) is 9.79 Å². The van der Waals surface area contributed by atoms with Gasteiger partial charge < -0.3 is 10.1 Å². The molecule has 0 rings (SSSR count). The Morgan fingerprint density at radius 1 is 1.47 bits per heavy atom. The molecule has 0 saturated heterocycles. The Morgan fingerprint density at radius 2 is 2.06 bits per heavy atom. The maximum atomic E-state index is 11.2. The van der Waals surface area contributed by atoms with Gasteiger partial charge in [0, 0.05) is 12.3 Å². The van der Waals surface area contributed by atoms with E-state index in [-0.39, 0.29) is 11.5 Å². The van der Waals surface area contributed by atoms with Gasteiger partial charge in [-0.1, -0.05) is 0 Å². The van der Waals surface area contributed by atoms with Crippen LogP contribution in [0.5, 0.6) is 0 Å². The number of carbonyl (C=O) groups excluding carboxylic acids is 2. The first kappa shape index (κ1) is 15.7. The normalized spacial score (nSPS) is 11.9. The minimum Gasteiger partial charge on any atom is -0.444 e. The number of ether oxygens (including phenoxy) is 1. The van der Waals surface area contributed by atoms with Gasteiger partial charge in [-0.25, -0.2) is 4.79 Å². The lowest BCUT2D eigenvalue weighted by Crippen LogP contribution is -2.32. The Morgan fingerprint density at radius 3 is 2.47 bits per heavy atom. The zero-order valence-electron chi connectivity index (χ0n) is 10.6. The van der Waals surface area contributed by atoms with Gasteiger partial charge in [0.2, 0.25) is 0 Å². The largest absolute Gasteiger partial charge is 0.444 e. The quantitative estimate of drug-likeness (QED) is 0.356. The zero-order chi connectivity index (χ0) is 13.5. The standard InChI is InChI=1S/C11H18N2O3S/c1-8(14)9(12-5)6-17-7-13-10(15)16-11(2,3)4/h6H,5,7H2,1-4H3,(H,13,15)/b9-6-. The Hall–Kier alpha value is -1.30. The SMILES string of the molecule is C=N/C(=C\SCNC(=O)OC(C)(C)C)C(C)=O. The Kier molecular flexibility index (Phi) is 6.57. The number of Topliss-reactive ketones (excluding diaryl/α,β-unsaturated/α-hetero) is 1. The summed E-state index contributed by atoms with van der Waals surface area (Å²) in [5, 5.41) is 4.09. The number of thioether (sulfide) groups is 1. The van der Waals surface area contributed by atoms with E-state index in [9.17, 15) is 9.59 Å². The average molecular weight is 258 g/mol. The first-order valence-corrected chi connectivity index (χ1v) is 6.07. The number of alkyl carbamates (subject to hydrolysis) is 1. The van der Waals surface area contributed by atoms with Crippen LogP contribution in [0.2, 0.25) is 0 Å². The second-order valence-corrected chi connectivity index (χ2v) is 5.06. The molecule has 0 saturated carbocycles. The summed E-state index contributed by atoms with van der Waals surface area (Å²) in [6.45, 7) is 10.0. The number of ketones is 1. The molecular formula is C11H18N2O3S. The monoisotopic (exact) mass is 258 g/mol. The molecule has 0 aromatic rings. The van der Waals surface area contributed by atoms with Crippen molar-refractivity contribution in [1.82, 2.24) is 5.32 Å². The van der Waals surface area contributed by atoms with Crippen molar-refractivity contribution in [3.8, 4) is 0 Å². The third kappa shape index (κ3) is 8.50. The first-order chi connectivity index (χ1) is 7.76. The molecule has 6 heteroatoms. The predicted octanol–water partition coefficient (Wildman–Crippen LogP) is 2.33. The summed E-state index contributed by atoms with van der Waals surface area (Å²) in [7, 11) is 0. The summed E-state index contributed by atoms with van der Waals surface area (Å²) < 4.78 is 5.03. The fraction of sp³-hybridized carbons (Fsp3) is 0.545. The highest BCUT2D eigenvalue weighted by Crippen LogP contribution is 2.09. The topological polar surface area (TPSA) is 67.8 Å². The van der Waals surface area contributed by atoms with Gasteiger partial charge in [0.1, 0.15) is 11.3 Å². The third-order valence-corrected chi connectivity index (χ3v) is 2.13. The Labute approximate surface area is 106 Å². The van der Waals surface area contributed by atoms with Crippen LogP contribution >= 0.6 is 11.8 Å². The number of rotatable bonds is 5. The molecule has 0 aliphatic heterocycles. The molecule has 0 aromatic heterocycles. The zero-order valence-corrected chi connectivity index (χ0v) is 11.4. The van der Waals surface area contributed by atoms with E-state index in [1.807, 2.05) is 0 Å². The lowest BCUT2D eigenvalue weighted by molar-refractivity contribution is -0.113. The maximum absolute atomic E-state index is 11.2. The minimum absolute atomic E-state index is 0.162. The number of amides is 1. The molecule has 17 heavy (non-hydrogen) atoms. The average Bonchev–Trinajstić information content (AvgIpc) is 2.14. The van der Waals surface area contributed by atoms with Crippen LogP contribution in [0.4, 0.5) is 4.79 Å². The van der Waals surface area contributed by atoms with Crippen molar-refractivity contribution < 1.29 is 14.3 Å². The summed E-state index contributed by atoms with van der Waals surface area (Å²) in [6.07, 6.45) is -0.491. The molecule has 0 fully saturated rings. The van der Waals surface area contributed by atoms with Crippen LogP contribution in [0, 0.1) is 0 Å². The van der Waals surface area contributed by atoms with E-state index in [4.69, 9.17) is 4.74 Å². The highest BCUT2D eigenvalue weighted by molar-refractivity contribution is 8.02. The van der Waals surface area contributed by atoms with Gasteiger partial charge >= 0.3 is 6.09 Å². The van der Waals surface area contributed by atoms with E-state index in [2.05, 4.69) is 17.0 Å². The fourth-order valence-corrected chi connectivity index (χ4v) is 1.45. The summed E-state index contributed by atoms with van der Waals surface area (Å²) >= 11 is 1.24. The van der Waals surface area contributed by atoms with Gasteiger partial charge in [0.05, 0.1) is 5.88 Å². The van der Waals surface area contributed by atoms with Crippen LogP contribution in [0.15, 0.2) is 16.1 Å². The third-order valence-electron chi connectivity index (χ3n) is 1.42. The molecule has 0 aromatic carbocycles. The second kappa shape index (κ2) is 7.11. The van der Waals surface area contributed by atoms with Crippen molar-refractivity contribution in [2.45, 2.75) is 33.3 Å². The van der Waals surface area contributed by atoms with Crippen LogP contribution in [-0.4, -0.2) is 30.1 Å². The molecule has 0 unspecified atom stereocenters. The van der Waals surface area contributed by atoms with Gasteiger partial charge in [-0.05, 0) is 27.5 Å². The molecule has 0 heterocycles. The summed E-state index contributed by atoms with van der Waals surface area (Å²) in [4.78, 5) is 25.8. The van der Waals surface area contributed by atoms with E-state index >= 15 is 0 Å². The van der Waals surface area contributed by atoms with Crippen molar-refractivity contribution >= 4 is 30.4 Å². The van der Waals surface area contributed by atoms with Crippen molar-refractivity contribution in [2.24, 2.45) is 4.99 Å². The summed E-state index contributed by atoms with van der Waals surface area (Å²) in [6, 6.07) is 0. The van der Waals surface area contributed by atoms with E-state index in [1.165, 1.54) is 18.7 Å². The highest BCUT2D eigenvalue weighted by Gasteiger charge is 2.15. The van der Waals surface area contributed by atoms with Crippen LogP contribution in [0.1, 0.15) is 27.7 Å². The molecule has 0 bridgehead atoms. The van der Waals surface area contributed by atoms with Gasteiger partial charge in [-0.15, -0.1) is 11.8 Å². The Balaban J connectivity index is 3.97. The molecule has 0 aliphatic carbocycles. The number of aliphatic imine (C=N–C) groups is 1. The number of nitrogens with zero attached hydrogens (tertiary/aromatic N) is 1. The minimum atomic E-state index is -0.516. The van der Waals surface area contributed by atoms with Crippen LogP contribution in [0.25, 0.3) is 0 Å². The van der Waals surface area contributed by atoms with Crippen molar-refractivity contribution in [3.05, 3.63) is 11.1 Å². The number of allylic oxidation sites excluding steroid dienone is 1. The molecule has 1 amide bonds. The molecule has 0 atom stereocenters. The van der Waals surface area contributed by atoms with Gasteiger partial charge in [0.15, 0.2) is 5.78 Å². The highest BCUT2D eigenvalue weighted by atomic mass is 32.2. The lowest BCUT2D eigenvalue weighted by atomic mass is 10.2. The number of carbonyl (C=O) groups is 2. The molecule has 0 radical (unpaired) electrons. The van der Waals surface area contributed by atoms with E-state index in [1.54, 1.807) is 26.2 Å². The Bertz CT molecular complexity index is 332. The maximum Gasteiger partial charge on any atom is 0.408 e. The smallest absolute Gasteiger partial charge is 0.408 e. The molecule has 0 aliphatic rings. The molecule has 0 spiro atoms. The first-order valence-electron chi connectivity index (χ1n) is 5.02.